The predicted molar refractivity (Wildman–Crippen MR) is 58.5 cm³/mol. The van der Waals surface area contributed by atoms with Gasteiger partial charge in [0, 0.05) is 12.5 Å². The highest BCUT2D eigenvalue weighted by Gasteiger charge is 2.13. The average Bonchev–Trinajstić information content (AvgIpc) is 2.68. The standard InChI is InChI=1S/C10H12N4O2/c11-9-5-7(13-14-9)10(16)12-6-3-1-2-4-8(6)15/h1,3,5,15H,2,4H2,(H,12,16)(H3,11,13,14). The van der Waals surface area contributed by atoms with Gasteiger partial charge in [0.15, 0.2) is 0 Å². The van der Waals surface area contributed by atoms with E-state index in [0.717, 1.165) is 6.42 Å². The van der Waals surface area contributed by atoms with Crippen LogP contribution >= 0.6 is 0 Å². The van der Waals surface area contributed by atoms with E-state index in [4.69, 9.17) is 5.73 Å². The maximum absolute atomic E-state index is 11.7. The highest BCUT2D eigenvalue weighted by atomic mass is 16.3. The molecule has 1 aromatic rings. The van der Waals surface area contributed by atoms with E-state index in [-0.39, 0.29) is 23.2 Å². The van der Waals surface area contributed by atoms with Gasteiger partial charge in [-0.05, 0) is 12.5 Å². The van der Waals surface area contributed by atoms with Crippen molar-refractivity contribution in [3.8, 4) is 0 Å². The molecule has 1 amide bonds. The minimum Gasteiger partial charge on any atom is -0.510 e. The summed E-state index contributed by atoms with van der Waals surface area (Å²) in [4.78, 5) is 11.7. The summed E-state index contributed by atoms with van der Waals surface area (Å²) in [5, 5.41) is 18.2. The summed E-state index contributed by atoms with van der Waals surface area (Å²) in [5.41, 5.74) is 6.06. The molecule has 0 unspecified atom stereocenters. The van der Waals surface area contributed by atoms with Gasteiger partial charge >= 0.3 is 0 Å². The van der Waals surface area contributed by atoms with E-state index in [2.05, 4.69) is 15.5 Å². The van der Waals surface area contributed by atoms with Crippen molar-refractivity contribution >= 4 is 11.7 Å². The number of nitrogens with zero attached hydrogens (tertiary/aromatic N) is 1. The Kier molecular flexibility index (Phi) is 2.63. The minimum atomic E-state index is -0.377. The second-order valence-electron chi connectivity index (χ2n) is 3.46. The Labute approximate surface area is 91.8 Å². The van der Waals surface area contributed by atoms with Gasteiger partial charge in [0.25, 0.3) is 5.91 Å². The van der Waals surface area contributed by atoms with Crippen LogP contribution in [0.15, 0.2) is 29.7 Å². The van der Waals surface area contributed by atoms with Gasteiger partial charge in [-0.1, -0.05) is 6.08 Å². The molecule has 0 saturated carbocycles. The maximum atomic E-state index is 11.7. The zero-order valence-electron chi connectivity index (χ0n) is 8.53. The Morgan fingerprint density at radius 2 is 2.44 bits per heavy atom. The van der Waals surface area contributed by atoms with Gasteiger partial charge in [0.1, 0.15) is 17.3 Å². The van der Waals surface area contributed by atoms with Crippen LogP contribution < -0.4 is 11.1 Å². The van der Waals surface area contributed by atoms with Crippen molar-refractivity contribution in [3.63, 3.8) is 0 Å². The van der Waals surface area contributed by atoms with Gasteiger partial charge in [-0.25, -0.2) is 0 Å². The molecule has 1 heterocycles. The van der Waals surface area contributed by atoms with Crippen LogP contribution in [0.25, 0.3) is 0 Å². The topological polar surface area (TPSA) is 104 Å². The van der Waals surface area contributed by atoms with Gasteiger partial charge in [-0.2, -0.15) is 5.10 Å². The Balaban J connectivity index is 2.11. The molecule has 5 N–H and O–H groups in total. The van der Waals surface area contributed by atoms with E-state index in [1.165, 1.54) is 6.07 Å². The first kappa shape index (κ1) is 10.3. The molecule has 0 spiro atoms. The van der Waals surface area contributed by atoms with Crippen LogP contribution in [0, 0.1) is 0 Å². The first-order valence-electron chi connectivity index (χ1n) is 4.87. The number of hydrogen-bond acceptors (Lipinski definition) is 4. The van der Waals surface area contributed by atoms with Gasteiger partial charge in [0.05, 0.1) is 5.70 Å². The smallest absolute Gasteiger partial charge is 0.273 e. The summed E-state index contributed by atoms with van der Waals surface area (Å²) in [7, 11) is 0. The molecule has 1 aliphatic rings. The molecule has 16 heavy (non-hydrogen) atoms. The van der Waals surface area contributed by atoms with Crippen molar-refractivity contribution in [3.05, 3.63) is 35.4 Å². The lowest BCUT2D eigenvalue weighted by Crippen LogP contribution is -2.24. The number of anilines is 1. The first-order valence-corrected chi connectivity index (χ1v) is 4.87. The summed E-state index contributed by atoms with van der Waals surface area (Å²) in [6, 6.07) is 1.43. The molecule has 1 aliphatic carbocycles. The fourth-order valence-corrected chi connectivity index (χ4v) is 1.41. The van der Waals surface area contributed by atoms with Crippen LogP contribution in [-0.2, 0) is 0 Å². The van der Waals surface area contributed by atoms with Crippen molar-refractivity contribution in [1.29, 1.82) is 0 Å². The molecular formula is C10H12N4O2. The van der Waals surface area contributed by atoms with E-state index in [0.29, 0.717) is 12.1 Å². The second-order valence-corrected chi connectivity index (χ2v) is 3.46. The molecule has 1 aromatic heterocycles. The quantitative estimate of drug-likeness (QED) is 0.592. The third-order valence-electron chi connectivity index (χ3n) is 2.23. The highest BCUT2D eigenvalue weighted by molar-refractivity contribution is 5.94. The number of amides is 1. The van der Waals surface area contributed by atoms with Gasteiger partial charge in [-0.15, -0.1) is 0 Å². The summed E-state index contributed by atoms with van der Waals surface area (Å²) in [6.45, 7) is 0. The first-order chi connectivity index (χ1) is 7.66. The lowest BCUT2D eigenvalue weighted by Gasteiger charge is -2.11. The number of nitrogens with two attached hydrogens (primary N) is 1. The molecule has 0 fully saturated rings. The fraction of sp³-hybridized carbons (Fsp3) is 0.200. The largest absolute Gasteiger partial charge is 0.510 e. The lowest BCUT2D eigenvalue weighted by molar-refractivity contribution is 0.0959. The third kappa shape index (κ3) is 2.05. The summed E-state index contributed by atoms with van der Waals surface area (Å²) in [6.07, 6.45) is 4.88. The van der Waals surface area contributed by atoms with Crippen molar-refractivity contribution in [2.24, 2.45) is 0 Å². The van der Waals surface area contributed by atoms with E-state index in [1.807, 2.05) is 6.08 Å². The fourth-order valence-electron chi connectivity index (χ4n) is 1.41. The van der Waals surface area contributed by atoms with Crippen molar-refractivity contribution in [1.82, 2.24) is 15.5 Å². The number of hydrogen-bond donors (Lipinski definition) is 4. The molecule has 84 valence electrons. The molecule has 2 rings (SSSR count). The van der Waals surface area contributed by atoms with Crippen LogP contribution in [0.2, 0.25) is 0 Å². The number of carbonyl (C=O) groups is 1. The molecule has 0 bridgehead atoms. The van der Waals surface area contributed by atoms with E-state index in [1.54, 1.807) is 6.08 Å². The molecule has 0 aromatic carbocycles. The van der Waals surface area contributed by atoms with Crippen LogP contribution in [0.3, 0.4) is 0 Å². The van der Waals surface area contributed by atoms with Crippen LogP contribution in [0.4, 0.5) is 5.82 Å². The zero-order chi connectivity index (χ0) is 11.5. The number of carbonyl (C=O) groups excluding carboxylic acids is 1. The molecule has 0 atom stereocenters. The number of nitrogen functional groups attached to an aromatic ring is 1. The number of allylic oxidation sites excluding steroid dienone is 3. The van der Waals surface area contributed by atoms with Gasteiger partial charge < -0.3 is 16.2 Å². The zero-order valence-corrected chi connectivity index (χ0v) is 8.53. The number of aliphatic hydroxyl groups excluding tert-OH is 1. The molecule has 0 radical (unpaired) electrons. The molecule has 6 nitrogen and oxygen atoms in total. The Morgan fingerprint density at radius 3 is 3.06 bits per heavy atom. The van der Waals surface area contributed by atoms with Crippen molar-refractivity contribution in [2.75, 3.05) is 5.73 Å². The van der Waals surface area contributed by atoms with E-state index < -0.39 is 0 Å². The van der Waals surface area contributed by atoms with Crippen molar-refractivity contribution < 1.29 is 9.90 Å². The Bertz CT molecular complexity index is 473. The lowest BCUT2D eigenvalue weighted by atomic mass is 10.1. The number of aromatic nitrogens is 2. The normalized spacial score (nSPS) is 15.2. The second kappa shape index (κ2) is 4.09. The number of aromatic amines is 1. The van der Waals surface area contributed by atoms with E-state index in [9.17, 15) is 9.90 Å². The Morgan fingerprint density at radius 1 is 1.62 bits per heavy atom. The summed E-state index contributed by atoms with van der Waals surface area (Å²) >= 11 is 0. The molecule has 6 heteroatoms. The number of nitrogens with one attached hydrogen (secondary N) is 2. The highest BCUT2D eigenvalue weighted by Crippen LogP contribution is 2.14. The van der Waals surface area contributed by atoms with Crippen LogP contribution in [-0.4, -0.2) is 21.2 Å². The minimum absolute atomic E-state index is 0.184. The number of aliphatic hydroxyl groups is 1. The maximum Gasteiger partial charge on any atom is 0.273 e. The van der Waals surface area contributed by atoms with Gasteiger partial charge in [-0.3, -0.25) is 9.89 Å². The molecule has 0 saturated heterocycles. The van der Waals surface area contributed by atoms with Crippen molar-refractivity contribution in [2.45, 2.75) is 12.8 Å². The number of H-pyrrole nitrogens is 1. The monoisotopic (exact) mass is 220 g/mol. The van der Waals surface area contributed by atoms with Gasteiger partial charge in [0.2, 0.25) is 0 Å². The molecule has 0 aliphatic heterocycles. The predicted octanol–water partition coefficient (Wildman–Crippen LogP) is 0.841. The summed E-state index contributed by atoms with van der Waals surface area (Å²) < 4.78 is 0. The van der Waals surface area contributed by atoms with Crippen LogP contribution in [0.5, 0.6) is 0 Å². The third-order valence-corrected chi connectivity index (χ3v) is 2.23. The average molecular weight is 220 g/mol. The van der Waals surface area contributed by atoms with E-state index >= 15 is 0 Å². The Hall–Kier alpha value is -2.24. The van der Waals surface area contributed by atoms with Crippen LogP contribution in [0.1, 0.15) is 23.3 Å². The molecular weight excluding hydrogens is 208 g/mol. The summed E-state index contributed by atoms with van der Waals surface area (Å²) in [5.74, 6) is 0.0585. The SMILES string of the molecule is Nc1cc(C(=O)NC2=C(O)CCC=C2)[nH]n1. The number of rotatable bonds is 2.